The Morgan fingerprint density at radius 3 is 2.78 bits per heavy atom. The van der Waals surface area contributed by atoms with Gasteiger partial charge in [-0.1, -0.05) is 37.3 Å². The van der Waals surface area contributed by atoms with Crippen molar-refractivity contribution in [2.75, 3.05) is 0 Å². The van der Waals surface area contributed by atoms with Crippen LogP contribution in [0.25, 0.3) is 0 Å². The van der Waals surface area contributed by atoms with Gasteiger partial charge in [-0.15, -0.1) is 11.3 Å². The number of benzene rings is 1. The molecule has 2 heterocycles. The van der Waals surface area contributed by atoms with Crippen molar-refractivity contribution in [3.63, 3.8) is 0 Å². The zero-order valence-electron chi connectivity index (χ0n) is 10.4. The van der Waals surface area contributed by atoms with Gasteiger partial charge in [0, 0.05) is 17.0 Å². The number of nitrogens with one attached hydrogen (secondary N) is 1. The number of thiophene rings is 1. The summed E-state index contributed by atoms with van der Waals surface area (Å²) in [6.45, 7) is 3.06. The van der Waals surface area contributed by atoms with Gasteiger partial charge >= 0.3 is 0 Å². The summed E-state index contributed by atoms with van der Waals surface area (Å²) in [6, 6.07) is 12.9. The molecule has 1 N–H and O–H groups in total. The first-order valence-electron chi connectivity index (χ1n) is 6.28. The van der Waals surface area contributed by atoms with Gasteiger partial charge in [-0.25, -0.2) is 0 Å². The van der Waals surface area contributed by atoms with Crippen LogP contribution in [0.1, 0.15) is 35.4 Å². The Morgan fingerprint density at radius 2 is 2.11 bits per heavy atom. The number of nitrogens with zero attached hydrogens (tertiary/aromatic N) is 1. The second kappa shape index (κ2) is 4.58. The summed E-state index contributed by atoms with van der Waals surface area (Å²) in [6.07, 6.45) is 1.04. The van der Waals surface area contributed by atoms with E-state index >= 15 is 0 Å². The molecule has 1 atom stereocenters. The summed E-state index contributed by atoms with van der Waals surface area (Å²) in [5.74, 6) is 0.672. The average molecular weight is 256 g/mol. The normalized spacial score (nSPS) is 15.8. The molecule has 92 valence electrons. The van der Waals surface area contributed by atoms with E-state index in [2.05, 4.69) is 47.5 Å². The molecule has 1 unspecified atom stereocenters. The van der Waals surface area contributed by atoms with Crippen LogP contribution < -0.4 is 0 Å². The number of hydrogen-bond acceptors (Lipinski definition) is 2. The first kappa shape index (κ1) is 11.5. The maximum atomic E-state index is 8.35. The Labute approximate surface area is 111 Å². The molecule has 3 rings (SSSR count). The summed E-state index contributed by atoms with van der Waals surface area (Å²) in [7, 11) is 0. The highest BCUT2D eigenvalue weighted by Crippen LogP contribution is 2.34. The smallest absolute Gasteiger partial charge is 0.129 e. The molecule has 0 radical (unpaired) electrons. The fraction of sp³-hybridized carbons (Fsp3) is 0.267. The van der Waals surface area contributed by atoms with Crippen molar-refractivity contribution in [1.29, 1.82) is 5.41 Å². The maximum Gasteiger partial charge on any atom is 0.129 e. The molecule has 18 heavy (non-hydrogen) atoms. The molecule has 2 nitrogen and oxygen atoms in total. The summed E-state index contributed by atoms with van der Waals surface area (Å²) in [4.78, 5) is 3.58. The highest BCUT2D eigenvalue weighted by atomic mass is 32.1. The van der Waals surface area contributed by atoms with E-state index in [1.807, 2.05) is 6.07 Å². The lowest BCUT2D eigenvalue weighted by atomic mass is 10.1. The number of fused-ring (bicyclic) bond motifs is 1. The third-order valence-electron chi connectivity index (χ3n) is 3.53. The Hall–Kier alpha value is -1.61. The molecule has 0 spiro atoms. The molecule has 3 heteroatoms. The van der Waals surface area contributed by atoms with Gasteiger partial charge in [-0.05, 0) is 23.4 Å². The minimum atomic E-state index is 0.338. The van der Waals surface area contributed by atoms with Gasteiger partial charge in [0.1, 0.15) is 5.84 Å². The molecule has 0 bridgehead atoms. The highest BCUT2D eigenvalue weighted by Gasteiger charge is 2.29. The SMILES string of the molecule is CCC(c1cccs1)N1Cc2ccccc2C1=N. The van der Waals surface area contributed by atoms with E-state index in [4.69, 9.17) is 5.41 Å². The van der Waals surface area contributed by atoms with E-state index in [1.165, 1.54) is 10.4 Å². The van der Waals surface area contributed by atoms with Gasteiger partial charge < -0.3 is 4.90 Å². The van der Waals surface area contributed by atoms with Crippen LogP contribution in [-0.2, 0) is 6.54 Å². The van der Waals surface area contributed by atoms with Crippen molar-refractivity contribution in [2.24, 2.45) is 0 Å². The summed E-state index contributed by atoms with van der Waals surface area (Å²) in [5, 5.41) is 10.5. The summed E-state index contributed by atoms with van der Waals surface area (Å²) < 4.78 is 0. The maximum absolute atomic E-state index is 8.35. The molecule has 1 aromatic carbocycles. The zero-order chi connectivity index (χ0) is 12.5. The van der Waals surface area contributed by atoms with Crippen LogP contribution >= 0.6 is 11.3 Å². The van der Waals surface area contributed by atoms with Crippen LogP contribution in [0.3, 0.4) is 0 Å². The third-order valence-corrected chi connectivity index (χ3v) is 4.51. The number of rotatable bonds is 3. The average Bonchev–Trinajstić information content (AvgIpc) is 3.01. The van der Waals surface area contributed by atoms with Crippen molar-refractivity contribution in [1.82, 2.24) is 4.90 Å². The van der Waals surface area contributed by atoms with Crippen LogP contribution in [0.2, 0.25) is 0 Å². The first-order valence-corrected chi connectivity index (χ1v) is 7.16. The fourth-order valence-electron chi connectivity index (χ4n) is 2.63. The van der Waals surface area contributed by atoms with Crippen molar-refractivity contribution in [2.45, 2.75) is 25.9 Å². The Kier molecular flexibility index (Phi) is 2.92. The van der Waals surface area contributed by atoms with Crippen LogP contribution in [0.5, 0.6) is 0 Å². The van der Waals surface area contributed by atoms with Crippen molar-refractivity contribution in [3.8, 4) is 0 Å². The fourth-order valence-corrected chi connectivity index (χ4v) is 3.55. The quantitative estimate of drug-likeness (QED) is 0.881. The van der Waals surface area contributed by atoms with Crippen molar-refractivity contribution >= 4 is 17.2 Å². The van der Waals surface area contributed by atoms with Gasteiger partial charge in [0.25, 0.3) is 0 Å². The molecule has 1 aromatic heterocycles. The van der Waals surface area contributed by atoms with Gasteiger partial charge in [-0.3, -0.25) is 5.41 Å². The zero-order valence-corrected chi connectivity index (χ0v) is 11.2. The molecule has 0 amide bonds. The van der Waals surface area contributed by atoms with Crippen LogP contribution in [0, 0.1) is 5.41 Å². The number of amidine groups is 1. The van der Waals surface area contributed by atoms with Gasteiger partial charge in [0.15, 0.2) is 0 Å². The van der Waals surface area contributed by atoms with Crippen molar-refractivity contribution < 1.29 is 0 Å². The Bertz CT molecular complexity index is 560. The lowest BCUT2D eigenvalue weighted by Crippen LogP contribution is -2.28. The molecule has 0 saturated carbocycles. The van der Waals surface area contributed by atoms with Crippen LogP contribution in [0.4, 0.5) is 0 Å². The molecular weight excluding hydrogens is 240 g/mol. The standard InChI is InChI=1S/C15H16N2S/c1-2-13(14-8-5-9-18-14)17-10-11-6-3-4-7-12(11)15(17)16/h3-9,13,16H,2,10H2,1H3. The molecule has 0 aliphatic carbocycles. The lowest BCUT2D eigenvalue weighted by molar-refractivity contribution is 0.316. The summed E-state index contributed by atoms with van der Waals surface area (Å²) in [5.41, 5.74) is 2.37. The van der Waals surface area contributed by atoms with Gasteiger partial charge in [0.2, 0.25) is 0 Å². The lowest BCUT2D eigenvalue weighted by Gasteiger charge is -2.27. The minimum absolute atomic E-state index is 0.338. The first-order chi connectivity index (χ1) is 8.81. The largest absolute Gasteiger partial charge is 0.344 e. The monoisotopic (exact) mass is 256 g/mol. The highest BCUT2D eigenvalue weighted by molar-refractivity contribution is 7.10. The summed E-state index contributed by atoms with van der Waals surface area (Å²) >= 11 is 1.78. The molecule has 2 aromatic rings. The van der Waals surface area contributed by atoms with Crippen LogP contribution in [0.15, 0.2) is 41.8 Å². The molecule has 0 fully saturated rings. The van der Waals surface area contributed by atoms with Gasteiger partial charge in [0.05, 0.1) is 6.04 Å². The van der Waals surface area contributed by atoms with Crippen LogP contribution in [-0.4, -0.2) is 10.7 Å². The molecule has 0 saturated heterocycles. The van der Waals surface area contributed by atoms with E-state index in [0.29, 0.717) is 11.9 Å². The van der Waals surface area contributed by atoms with Crippen molar-refractivity contribution in [3.05, 3.63) is 57.8 Å². The van der Waals surface area contributed by atoms with E-state index < -0.39 is 0 Å². The van der Waals surface area contributed by atoms with E-state index in [1.54, 1.807) is 11.3 Å². The molecular formula is C15H16N2S. The Morgan fingerprint density at radius 1 is 1.28 bits per heavy atom. The third kappa shape index (κ3) is 1.75. The topological polar surface area (TPSA) is 27.1 Å². The van der Waals surface area contributed by atoms with E-state index in [0.717, 1.165) is 18.5 Å². The Balaban J connectivity index is 1.94. The second-order valence-corrected chi connectivity index (χ2v) is 5.55. The minimum Gasteiger partial charge on any atom is -0.344 e. The molecule has 1 aliphatic rings. The van der Waals surface area contributed by atoms with E-state index in [9.17, 15) is 0 Å². The predicted molar refractivity (Wildman–Crippen MR) is 76.2 cm³/mol. The second-order valence-electron chi connectivity index (χ2n) is 4.57. The predicted octanol–water partition coefficient (Wildman–Crippen LogP) is 4.04. The number of hydrogen-bond donors (Lipinski definition) is 1. The molecule has 1 aliphatic heterocycles. The van der Waals surface area contributed by atoms with Gasteiger partial charge in [-0.2, -0.15) is 0 Å². The van der Waals surface area contributed by atoms with E-state index in [-0.39, 0.29) is 0 Å².